The van der Waals surface area contributed by atoms with Crippen molar-refractivity contribution in [2.24, 2.45) is 0 Å². The van der Waals surface area contributed by atoms with E-state index < -0.39 is 0 Å². The number of aromatic hydroxyl groups is 2. The Hall–Kier alpha value is -2.62. The predicted molar refractivity (Wildman–Crippen MR) is 70.3 cm³/mol. The molecule has 0 saturated carbocycles. The molecule has 2 aromatic carbocycles. The summed E-state index contributed by atoms with van der Waals surface area (Å²) >= 11 is 0. The molecule has 3 aromatic rings. The van der Waals surface area contributed by atoms with Crippen LogP contribution in [0.4, 0.5) is 0 Å². The molecule has 1 heterocycles. The van der Waals surface area contributed by atoms with Crippen molar-refractivity contribution in [1.82, 2.24) is 0 Å². The predicted octanol–water partition coefficient (Wildman–Crippen LogP) is 3.42. The second-order valence-electron chi connectivity index (χ2n) is 4.17. The minimum absolute atomic E-state index is 0.0829. The highest BCUT2D eigenvalue weighted by molar-refractivity contribution is 5.87. The highest BCUT2D eigenvalue weighted by atomic mass is 16.5. The number of phenolic OH excluding ortho intramolecular Hbond substituents is 2. The van der Waals surface area contributed by atoms with Gasteiger partial charge in [0.2, 0.25) is 0 Å². The Morgan fingerprint density at radius 1 is 0.947 bits per heavy atom. The number of phenols is 2. The van der Waals surface area contributed by atoms with Gasteiger partial charge in [0.25, 0.3) is 0 Å². The SMILES string of the molecule is Oc1ccccc1OCc1coc2cccc(O)c12. The smallest absolute Gasteiger partial charge is 0.161 e. The Bertz CT molecular complexity index is 715. The third kappa shape index (κ3) is 2.08. The monoisotopic (exact) mass is 256 g/mol. The third-order valence-electron chi connectivity index (χ3n) is 2.90. The van der Waals surface area contributed by atoms with Gasteiger partial charge in [-0.05, 0) is 24.3 Å². The van der Waals surface area contributed by atoms with Gasteiger partial charge >= 0.3 is 0 Å². The molecule has 4 nitrogen and oxygen atoms in total. The van der Waals surface area contributed by atoms with Gasteiger partial charge in [0.1, 0.15) is 17.9 Å². The number of furan rings is 1. The van der Waals surface area contributed by atoms with Gasteiger partial charge < -0.3 is 19.4 Å². The van der Waals surface area contributed by atoms with Crippen molar-refractivity contribution in [3.8, 4) is 17.2 Å². The quantitative estimate of drug-likeness (QED) is 0.753. The summed E-state index contributed by atoms with van der Waals surface area (Å²) in [4.78, 5) is 0. The summed E-state index contributed by atoms with van der Waals surface area (Å²) in [6.07, 6.45) is 1.55. The van der Waals surface area contributed by atoms with E-state index in [9.17, 15) is 10.2 Å². The Balaban J connectivity index is 1.89. The second kappa shape index (κ2) is 4.57. The van der Waals surface area contributed by atoms with Crippen molar-refractivity contribution in [3.05, 3.63) is 54.3 Å². The van der Waals surface area contributed by atoms with Crippen LogP contribution in [-0.4, -0.2) is 10.2 Å². The highest BCUT2D eigenvalue weighted by Crippen LogP contribution is 2.31. The van der Waals surface area contributed by atoms with Gasteiger partial charge in [-0.15, -0.1) is 0 Å². The summed E-state index contributed by atoms with van der Waals surface area (Å²) < 4.78 is 10.9. The van der Waals surface area contributed by atoms with Crippen molar-refractivity contribution in [2.45, 2.75) is 6.61 Å². The molecule has 0 spiro atoms. The Labute approximate surface area is 109 Å². The highest BCUT2D eigenvalue weighted by Gasteiger charge is 2.11. The molecular formula is C15H12O4. The van der Waals surface area contributed by atoms with Crippen LogP contribution in [-0.2, 0) is 6.61 Å². The number of hydrogen-bond donors (Lipinski definition) is 2. The molecule has 4 heteroatoms. The molecule has 0 saturated heterocycles. The van der Waals surface area contributed by atoms with Gasteiger partial charge in [-0.2, -0.15) is 0 Å². The lowest BCUT2D eigenvalue weighted by molar-refractivity contribution is 0.288. The Kier molecular flexibility index (Phi) is 2.76. The maximum Gasteiger partial charge on any atom is 0.161 e. The van der Waals surface area contributed by atoms with Crippen molar-refractivity contribution in [3.63, 3.8) is 0 Å². The average molecular weight is 256 g/mol. The minimum Gasteiger partial charge on any atom is -0.507 e. The number of fused-ring (bicyclic) bond motifs is 1. The molecule has 0 aliphatic rings. The average Bonchev–Trinajstić information content (AvgIpc) is 2.83. The minimum atomic E-state index is 0.0829. The van der Waals surface area contributed by atoms with Crippen LogP contribution in [0.5, 0.6) is 17.2 Å². The molecule has 0 aliphatic heterocycles. The topological polar surface area (TPSA) is 62.8 Å². The zero-order valence-electron chi connectivity index (χ0n) is 10.0. The van der Waals surface area contributed by atoms with Crippen LogP contribution in [0.2, 0.25) is 0 Å². The summed E-state index contributed by atoms with van der Waals surface area (Å²) in [6, 6.07) is 11.8. The normalized spacial score (nSPS) is 10.7. The molecule has 0 radical (unpaired) electrons. The molecule has 96 valence electrons. The number of benzene rings is 2. The van der Waals surface area contributed by atoms with Crippen LogP contribution in [0.15, 0.2) is 53.1 Å². The molecule has 0 unspecified atom stereocenters. The summed E-state index contributed by atoms with van der Waals surface area (Å²) in [5.41, 5.74) is 1.34. The van der Waals surface area contributed by atoms with E-state index in [1.165, 1.54) is 0 Å². The molecule has 1 aromatic heterocycles. The first kappa shape index (κ1) is 11.5. The van der Waals surface area contributed by atoms with Crippen LogP contribution in [0, 0.1) is 0 Å². The zero-order valence-corrected chi connectivity index (χ0v) is 10.0. The van der Waals surface area contributed by atoms with E-state index in [1.54, 1.807) is 48.7 Å². The summed E-state index contributed by atoms with van der Waals surface area (Å²) in [7, 11) is 0. The fourth-order valence-corrected chi connectivity index (χ4v) is 1.97. The Morgan fingerprint density at radius 3 is 2.58 bits per heavy atom. The van der Waals surface area contributed by atoms with Crippen molar-refractivity contribution in [2.75, 3.05) is 0 Å². The molecule has 0 fully saturated rings. The van der Waals surface area contributed by atoms with Gasteiger partial charge in [0.05, 0.1) is 11.6 Å². The fourth-order valence-electron chi connectivity index (χ4n) is 1.97. The van der Waals surface area contributed by atoms with Gasteiger partial charge in [-0.1, -0.05) is 18.2 Å². The van der Waals surface area contributed by atoms with Crippen molar-refractivity contribution < 1.29 is 19.4 Å². The summed E-state index contributed by atoms with van der Waals surface area (Å²) in [5.74, 6) is 0.633. The van der Waals surface area contributed by atoms with Gasteiger partial charge in [-0.25, -0.2) is 0 Å². The van der Waals surface area contributed by atoms with E-state index in [0.717, 1.165) is 5.56 Å². The number of ether oxygens (including phenoxy) is 1. The van der Waals surface area contributed by atoms with E-state index in [0.29, 0.717) is 16.7 Å². The van der Waals surface area contributed by atoms with Gasteiger partial charge in [0.15, 0.2) is 11.5 Å². The van der Waals surface area contributed by atoms with E-state index in [-0.39, 0.29) is 18.1 Å². The van der Waals surface area contributed by atoms with Gasteiger partial charge in [0, 0.05) is 5.56 Å². The first-order valence-corrected chi connectivity index (χ1v) is 5.84. The molecule has 0 bridgehead atoms. The lowest BCUT2D eigenvalue weighted by Gasteiger charge is -2.06. The van der Waals surface area contributed by atoms with Crippen molar-refractivity contribution in [1.29, 1.82) is 0 Å². The lowest BCUT2D eigenvalue weighted by atomic mass is 10.1. The van der Waals surface area contributed by atoms with Crippen molar-refractivity contribution >= 4 is 11.0 Å². The standard InChI is InChI=1S/C15H12O4/c16-11-4-1-2-6-13(11)18-8-10-9-19-14-7-3-5-12(17)15(10)14/h1-7,9,16-17H,8H2. The largest absolute Gasteiger partial charge is 0.507 e. The second-order valence-corrected chi connectivity index (χ2v) is 4.17. The lowest BCUT2D eigenvalue weighted by Crippen LogP contribution is -1.94. The summed E-state index contributed by atoms with van der Waals surface area (Å²) in [5, 5.41) is 20.1. The van der Waals surface area contributed by atoms with Crippen LogP contribution in [0.3, 0.4) is 0 Å². The molecule has 0 amide bonds. The molecule has 2 N–H and O–H groups in total. The number of hydrogen-bond acceptors (Lipinski definition) is 4. The molecule has 0 aliphatic carbocycles. The zero-order chi connectivity index (χ0) is 13.2. The van der Waals surface area contributed by atoms with Gasteiger partial charge in [-0.3, -0.25) is 0 Å². The fraction of sp³-hybridized carbons (Fsp3) is 0.0667. The number of para-hydroxylation sites is 2. The molecule has 3 rings (SSSR count). The Morgan fingerprint density at radius 2 is 1.74 bits per heavy atom. The maximum atomic E-state index is 9.83. The maximum absolute atomic E-state index is 9.83. The molecular weight excluding hydrogens is 244 g/mol. The van der Waals surface area contributed by atoms with E-state index >= 15 is 0 Å². The van der Waals surface area contributed by atoms with E-state index in [2.05, 4.69) is 0 Å². The van der Waals surface area contributed by atoms with Crippen LogP contribution >= 0.6 is 0 Å². The molecule has 19 heavy (non-hydrogen) atoms. The van der Waals surface area contributed by atoms with E-state index in [1.807, 2.05) is 0 Å². The van der Waals surface area contributed by atoms with E-state index in [4.69, 9.17) is 9.15 Å². The first-order valence-electron chi connectivity index (χ1n) is 5.84. The molecule has 0 atom stereocenters. The third-order valence-corrected chi connectivity index (χ3v) is 2.90. The van der Waals surface area contributed by atoms with Crippen LogP contribution < -0.4 is 4.74 Å². The van der Waals surface area contributed by atoms with Crippen LogP contribution in [0.25, 0.3) is 11.0 Å². The first-order chi connectivity index (χ1) is 9.25. The number of rotatable bonds is 3. The van der Waals surface area contributed by atoms with Crippen LogP contribution in [0.1, 0.15) is 5.56 Å². The summed E-state index contributed by atoms with van der Waals surface area (Å²) in [6.45, 7) is 0.210.